The van der Waals surface area contributed by atoms with Crippen LogP contribution in [0.4, 0.5) is 35.3 Å². The van der Waals surface area contributed by atoms with E-state index in [9.17, 15) is 18.0 Å². The molecule has 0 bridgehead atoms. The van der Waals surface area contributed by atoms with E-state index in [1.54, 1.807) is 24.3 Å². The minimum absolute atomic E-state index is 0.154. The van der Waals surface area contributed by atoms with Crippen LogP contribution < -0.4 is 16.4 Å². The van der Waals surface area contributed by atoms with Gasteiger partial charge in [0.2, 0.25) is 5.95 Å². The van der Waals surface area contributed by atoms with Gasteiger partial charge >= 0.3 is 12.2 Å². The van der Waals surface area contributed by atoms with Crippen molar-refractivity contribution in [2.45, 2.75) is 6.18 Å². The third-order valence-electron chi connectivity index (χ3n) is 3.61. The van der Waals surface area contributed by atoms with Gasteiger partial charge in [-0.15, -0.1) is 0 Å². The van der Waals surface area contributed by atoms with Gasteiger partial charge in [-0.3, -0.25) is 0 Å². The molecule has 0 spiro atoms. The van der Waals surface area contributed by atoms with E-state index in [1.807, 2.05) is 0 Å². The van der Waals surface area contributed by atoms with Gasteiger partial charge in [-0.1, -0.05) is 17.9 Å². The summed E-state index contributed by atoms with van der Waals surface area (Å²) >= 11 is 0. The van der Waals surface area contributed by atoms with Gasteiger partial charge < -0.3 is 16.4 Å². The average Bonchev–Trinajstić information content (AvgIpc) is 2.67. The Hall–Kier alpha value is -4.06. The number of hydrogen-bond donors (Lipinski definition) is 3. The number of nitrogen functional groups attached to an aromatic ring is 1. The molecule has 0 radical (unpaired) electrons. The summed E-state index contributed by atoms with van der Waals surface area (Å²) in [7, 11) is 0. The first-order valence-electron chi connectivity index (χ1n) is 8.24. The third-order valence-corrected chi connectivity index (χ3v) is 3.61. The fourth-order valence-corrected chi connectivity index (χ4v) is 2.26. The van der Waals surface area contributed by atoms with Crippen molar-refractivity contribution in [1.82, 2.24) is 9.97 Å². The lowest BCUT2D eigenvalue weighted by Crippen LogP contribution is -2.19. The second-order valence-corrected chi connectivity index (χ2v) is 5.81. The van der Waals surface area contributed by atoms with Gasteiger partial charge in [-0.2, -0.15) is 13.2 Å². The quantitative estimate of drug-likeness (QED) is 0.567. The molecule has 146 valence electrons. The van der Waals surface area contributed by atoms with Gasteiger partial charge in [0.15, 0.2) is 0 Å². The number of hydrogen-bond acceptors (Lipinski definition) is 4. The second-order valence-electron chi connectivity index (χ2n) is 5.81. The summed E-state index contributed by atoms with van der Waals surface area (Å²) in [5, 5.41) is 5.07. The van der Waals surface area contributed by atoms with E-state index in [2.05, 4.69) is 32.4 Å². The van der Waals surface area contributed by atoms with Crippen molar-refractivity contribution in [2.75, 3.05) is 16.4 Å². The van der Waals surface area contributed by atoms with Crippen LogP contribution in [0.25, 0.3) is 0 Å². The van der Waals surface area contributed by atoms with Crippen molar-refractivity contribution in [3.63, 3.8) is 0 Å². The number of rotatable bonds is 2. The van der Waals surface area contributed by atoms with Crippen molar-refractivity contribution >= 4 is 23.4 Å². The molecule has 0 saturated heterocycles. The Kier molecular flexibility index (Phi) is 5.64. The highest BCUT2D eigenvalue weighted by molar-refractivity contribution is 5.99. The standard InChI is InChI=1S/C20H14F3N5O/c21-20(22,23)15-6-8-16(9-7-15)27-19(29)28-17-3-1-2-13(10-17)4-5-14-11-25-18(24)26-12-14/h1-3,6-12H,(H2,24,25,26)(H2,27,28,29). The molecule has 0 unspecified atom stereocenters. The van der Waals surface area contributed by atoms with E-state index < -0.39 is 17.8 Å². The number of urea groups is 1. The second kappa shape index (κ2) is 8.31. The van der Waals surface area contributed by atoms with Crippen LogP contribution in [-0.2, 0) is 6.18 Å². The van der Waals surface area contributed by atoms with Crippen molar-refractivity contribution in [1.29, 1.82) is 0 Å². The van der Waals surface area contributed by atoms with E-state index >= 15 is 0 Å². The molecule has 9 heteroatoms. The van der Waals surface area contributed by atoms with Crippen molar-refractivity contribution in [3.05, 3.63) is 77.6 Å². The molecule has 1 aromatic heterocycles. The Bertz CT molecular complexity index is 1070. The lowest BCUT2D eigenvalue weighted by Gasteiger charge is -2.10. The number of aromatic nitrogens is 2. The predicted molar refractivity (Wildman–Crippen MR) is 103 cm³/mol. The zero-order chi connectivity index (χ0) is 20.9. The third kappa shape index (κ3) is 5.71. The number of alkyl halides is 3. The Morgan fingerprint density at radius 1 is 0.897 bits per heavy atom. The number of carbonyl (C=O) groups is 1. The van der Waals surface area contributed by atoms with Crippen molar-refractivity contribution in [2.24, 2.45) is 0 Å². The first-order valence-corrected chi connectivity index (χ1v) is 8.24. The normalized spacial score (nSPS) is 10.6. The van der Waals surface area contributed by atoms with E-state index in [0.717, 1.165) is 12.1 Å². The van der Waals surface area contributed by atoms with Crippen molar-refractivity contribution in [3.8, 4) is 11.8 Å². The van der Waals surface area contributed by atoms with Crippen LogP contribution in [0.1, 0.15) is 16.7 Å². The summed E-state index contributed by atoms with van der Waals surface area (Å²) < 4.78 is 37.7. The summed E-state index contributed by atoms with van der Waals surface area (Å²) in [5.74, 6) is 5.94. The number of nitrogens with two attached hydrogens (primary N) is 1. The molecule has 2 amide bonds. The highest BCUT2D eigenvalue weighted by Crippen LogP contribution is 2.29. The fraction of sp³-hybridized carbons (Fsp3) is 0.0500. The molecular weight excluding hydrogens is 383 g/mol. The average molecular weight is 397 g/mol. The number of halogens is 3. The Labute approximate surface area is 164 Å². The monoisotopic (exact) mass is 397 g/mol. The van der Waals surface area contributed by atoms with Gasteiger partial charge in [-0.25, -0.2) is 14.8 Å². The summed E-state index contributed by atoms with van der Waals surface area (Å²) in [5.41, 5.74) is 6.54. The maximum Gasteiger partial charge on any atom is 0.416 e. The van der Waals surface area contributed by atoms with Crippen LogP contribution in [0.2, 0.25) is 0 Å². The zero-order valence-corrected chi connectivity index (χ0v) is 14.8. The first-order chi connectivity index (χ1) is 13.8. The van der Waals surface area contributed by atoms with Gasteiger partial charge in [0.1, 0.15) is 0 Å². The van der Waals surface area contributed by atoms with Gasteiger partial charge in [0.25, 0.3) is 0 Å². The van der Waals surface area contributed by atoms with Crippen LogP contribution in [0.15, 0.2) is 60.9 Å². The molecule has 0 atom stereocenters. The lowest BCUT2D eigenvalue weighted by molar-refractivity contribution is -0.137. The molecule has 29 heavy (non-hydrogen) atoms. The molecule has 0 aliphatic heterocycles. The lowest BCUT2D eigenvalue weighted by atomic mass is 10.2. The predicted octanol–water partition coefficient (Wildman–Crippen LogP) is 4.12. The van der Waals surface area contributed by atoms with Crippen LogP contribution in [-0.4, -0.2) is 16.0 Å². The summed E-state index contributed by atoms with van der Waals surface area (Å²) in [6, 6.07) is 10.3. The Balaban J connectivity index is 1.64. The molecule has 0 fully saturated rings. The van der Waals surface area contributed by atoms with Gasteiger partial charge in [0.05, 0.1) is 11.1 Å². The maximum absolute atomic E-state index is 12.6. The Morgan fingerprint density at radius 2 is 1.52 bits per heavy atom. The number of carbonyl (C=O) groups excluding carboxylic acids is 1. The molecular formula is C20H14F3N5O. The molecule has 0 aliphatic rings. The molecule has 6 nitrogen and oxygen atoms in total. The van der Waals surface area contributed by atoms with E-state index in [4.69, 9.17) is 5.73 Å². The summed E-state index contributed by atoms with van der Waals surface area (Å²) in [4.78, 5) is 19.8. The molecule has 4 N–H and O–H groups in total. The van der Waals surface area contributed by atoms with E-state index in [0.29, 0.717) is 16.8 Å². The minimum atomic E-state index is -4.43. The van der Waals surface area contributed by atoms with Crippen LogP contribution in [0.5, 0.6) is 0 Å². The number of nitrogens with one attached hydrogen (secondary N) is 2. The molecule has 1 heterocycles. The molecule has 3 aromatic rings. The fourth-order valence-electron chi connectivity index (χ4n) is 2.26. The molecule has 3 rings (SSSR count). The Morgan fingerprint density at radius 3 is 2.17 bits per heavy atom. The topological polar surface area (TPSA) is 92.9 Å². The van der Waals surface area contributed by atoms with Crippen LogP contribution in [0.3, 0.4) is 0 Å². The van der Waals surface area contributed by atoms with Gasteiger partial charge in [0, 0.05) is 29.3 Å². The zero-order valence-electron chi connectivity index (χ0n) is 14.8. The first kappa shape index (κ1) is 19.7. The number of anilines is 3. The number of amides is 2. The largest absolute Gasteiger partial charge is 0.416 e. The van der Waals surface area contributed by atoms with E-state index in [1.165, 1.54) is 24.5 Å². The number of nitrogens with zero attached hydrogens (tertiary/aromatic N) is 2. The number of benzene rings is 2. The highest BCUT2D eigenvalue weighted by Gasteiger charge is 2.29. The highest BCUT2D eigenvalue weighted by atomic mass is 19.4. The van der Waals surface area contributed by atoms with Crippen LogP contribution in [0, 0.1) is 11.8 Å². The maximum atomic E-state index is 12.6. The molecule has 0 aliphatic carbocycles. The van der Waals surface area contributed by atoms with E-state index in [-0.39, 0.29) is 11.6 Å². The van der Waals surface area contributed by atoms with Crippen molar-refractivity contribution < 1.29 is 18.0 Å². The summed E-state index contributed by atoms with van der Waals surface area (Å²) in [6.45, 7) is 0. The smallest absolute Gasteiger partial charge is 0.368 e. The molecule has 2 aromatic carbocycles. The molecule has 0 saturated carbocycles. The minimum Gasteiger partial charge on any atom is -0.368 e. The summed E-state index contributed by atoms with van der Waals surface area (Å²) in [6.07, 6.45) is -1.44. The van der Waals surface area contributed by atoms with Crippen LogP contribution >= 0.6 is 0 Å². The van der Waals surface area contributed by atoms with Gasteiger partial charge in [-0.05, 0) is 42.5 Å². The SMILES string of the molecule is Nc1ncc(C#Cc2cccc(NC(=O)Nc3ccc(C(F)(F)F)cc3)c2)cn1.